The number of aryl methyl sites for hydroxylation is 1. The van der Waals surface area contributed by atoms with Crippen molar-refractivity contribution in [3.05, 3.63) is 70.6 Å². The van der Waals surface area contributed by atoms with Gasteiger partial charge < -0.3 is 15.2 Å². The fourth-order valence-electron chi connectivity index (χ4n) is 2.06. The SMILES string of the molecule is Cc1ccc(Oc2sc(C(=O)O)cc2NC(=O)c2ccc(F)cc2)cn1. The van der Waals surface area contributed by atoms with Gasteiger partial charge in [-0.1, -0.05) is 11.3 Å². The van der Waals surface area contributed by atoms with Crippen LogP contribution in [0.1, 0.15) is 25.7 Å². The van der Waals surface area contributed by atoms with Crippen LogP contribution in [-0.2, 0) is 0 Å². The van der Waals surface area contributed by atoms with Crippen molar-refractivity contribution in [1.82, 2.24) is 4.98 Å². The third-order valence-electron chi connectivity index (χ3n) is 3.36. The first-order valence-electron chi connectivity index (χ1n) is 7.47. The van der Waals surface area contributed by atoms with Gasteiger partial charge in [0.25, 0.3) is 5.91 Å². The molecule has 8 heteroatoms. The van der Waals surface area contributed by atoms with E-state index < -0.39 is 17.7 Å². The smallest absolute Gasteiger partial charge is 0.346 e. The summed E-state index contributed by atoms with van der Waals surface area (Å²) in [6.45, 7) is 1.83. The van der Waals surface area contributed by atoms with Gasteiger partial charge in [-0.3, -0.25) is 9.78 Å². The summed E-state index contributed by atoms with van der Waals surface area (Å²) in [5.74, 6) is -1.69. The van der Waals surface area contributed by atoms with E-state index in [1.165, 1.54) is 36.5 Å². The van der Waals surface area contributed by atoms with E-state index >= 15 is 0 Å². The molecule has 3 aromatic rings. The number of pyridine rings is 1. The van der Waals surface area contributed by atoms with E-state index in [0.29, 0.717) is 5.75 Å². The number of anilines is 1. The van der Waals surface area contributed by atoms with Crippen molar-refractivity contribution in [1.29, 1.82) is 0 Å². The summed E-state index contributed by atoms with van der Waals surface area (Å²) in [6.07, 6.45) is 1.50. The Bertz CT molecular complexity index is 952. The number of carboxylic acid groups (broad SMARTS) is 1. The summed E-state index contributed by atoms with van der Waals surface area (Å²) in [7, 11) is 0. The fraction of sp³-hybridized carbons (Fsp3) is 0.0556. The molecule has 0 aliphatic rings. The minimum atomic E-state index is -1.14. The zero-order valence-electron chi connectivity index (χ0n) is 13.5. The molecule has 6 nitrogen and oxygen atoms in total. The molecule has 2 N–H and O–H groups in total. The van der Waals surface area contributed by atoms with Crippen molar-refractivity contribution >= 4 is 28.9 Å². The quantitative estimate of drug-likeness (QED) is 0.696. The van der Waals surface area contributed by atoms with Crippen LogP contribution in [0.4, 0.5) is 10.1 Å². The number of hydrogen-bond acceptors (Lipinski definition) is 5. The minimum absolute atomic E-state index is 0.00877. The van der Waals surface area contributed by atoms with Gasteiger partial charge in [-0.25, -0.2) is 9.18 Å². The van der Waals surface area contributed by atoms with Gasteiger partial charge in [0.15, 0.2) is 0 Å². The molecule has 26 heavy (non-hydrogen) atoms. The molecule has 0 aliphatic carbocycles. The van der Waals surface area contributed by atoms with Crippen molar-refractivity contribution in [3.63, 3.8) is 0 Å². The molecule has 132 valence electrons. The molecule has 0 radical (unpaired) electrons. The lowest BCUT2D eigenvalue weighted by Crippen LogP contribution is -2.11. The lowest BCUT2D eigenvalue weighted by molar-refractivity contribution is 0.0701. The molecule has 0 unspecified atom stereocenters. The molecular formula is C18H13FN2O4S. The van der Waals surface area contributed by atoms with E-state index in [1.54, 1.807) is 12.1 Å². The Morgan fingerprint density at radius 2 is 1.92 bits per heavy atom. The number of aromatic carboxylic acids is 1. The van der Waals surface area contributed by atoms with Gasteiger partial charge in [0.05, 0.1) is 11.9 Å². The van der Waals surface area contributed by atoms with Crippen molar-refractivity contribution in [2.24, 2.45) is 0 Å². The first kappa shape index (κ1) is 17.6. The zero-order valence-corrected chi connectivity index (χ0v) is 14.3. The zero-order chi connectivity index (χ0) is 18.7. The number of ether oxygens (including phenoxy) is 1. The standard InChI is InChI=1S/C18H13FN2O4S/c1-10-2-7-13(9-20-10)25-18-14(8-15(26-18)17(23)24)21-16(22)11-3-5-12(19)6-4-11/h2-9H,1H3,(H,21,22)(H,23,24). The van der Waals surface area contributed by atoms with E-state index in [0.717, 1.165) is 17.0 Å². The molecule has 0 saturated carbocycles. The number of carbonyl (C=O) groups excluding carboxylic acids is 1. The molecule has 1 amide bonds. The van der Waals surface area contributed by atoms with Crippen LogP contribution in [0, 0.1) is 12.7 Å². The van der Waals surface area contributed by atoms with E-state index in [1.807, 2.05) is 6.92 Å². The Morgan fingerprint density at radius 1 is 1.19 bits per heavy atom. The highest BCUT2D eigenvalue weighted by Gasteiger charge is 2.18. The number of halogens is 1. The van der Waals surface area contributed by atoms with Crippen molar-refractivity contribution in [2.45, 2.75) is 6.92 Å². The molecule has 0 atom stereocenters. The molecule has 0 spiro atoms. The van der Waals surface area contributed by atoms with E-state index in [2.05, 4.69) is 10.3 Å². The van der Waals surface area contributed by atoms with Gasteiger partial charge in [0.2, 0.25) is 5.06 Å². The number of nitrogens with zero attached hydrogens (tertiary/aromatic N) is 1. The molecule has 3 rings (SSSR count). The second kappa shape index (κ2) is 7.32. The number of carbonyl (C=O) groups is 2. The van der Waals surface area contributed by atoms with E-state index in [9.17, 15) is 19.1 Å². The number of benzene rings is 1. The maximum absolute atomic E-state index is 13.0. The number of rotatable bonds is 5. The monoisotopic (exact) mass is 372 g/mol. The largest absolute Gasteiger partial charge is 0.477 e. The molecule has 0 fully saturated rings. The van der Waals surface area contributed by atoms with Gasteiger partial charge in [0, 0.05) is 11.3 Å². The second-order valence-corrected chi connectivity index (χ2v) is 6.33. The highest BCUT2D eigenvalue weighted by molar-refractivity contribution is 7.16. The Hall–Kier alpha value is -3.26. The maximum Gasteiger partial charge on any atom is 0.346 e. The molecule has 2 heterocycles. The number of thiophene rings is 1. The molecule has 1 aromatic carbocycles. The Morgan fingerprint density at radius 3 is 2.54 bits per heavy atom. The lowest BCUT2D eigenvalue weighted by atomic mass is 10.2. The van der Waals surface area contributed by atoms with Crippen molar-refractivity contribution in [3.8, 4) is 10.8 Å². The summed E-state index contributed by atoms with van der Waals surface area (Å²) < 4.78 is 18.7. The Balaban J connectivity index is 1.87. The highest BCUT2D eigenvalue weighted by atomic mass is 32.1. The number of nitrogens with one attached hydrogen (secondary N) is 1. The van der Waals surface area contributed by atoms with Crippen LogP contribution in [-0.4, -0.2) is 22.0 Å². The predicted molar refractivity (Wildman–Crippen MR) is 94.7 cm³/mol. The average molecular weight is 372 g/mol. The molecule has 0 saturated heterocycles. The van der Waals surface area contributed by atoms with Gasteiger partial charge >= 0.3 is 5.97 Å². The first-order valence-corrected chi connectivity index (χ1v) is 8.28. The summed E-state index contributed by atoms with van der Waals surface area (Å²) >= 11 is 0.882. The topological polar surface area (TPSA) is 88.5 Å². The van der Waals surface area contributed by atoms with Crippen LogP contribution >= 0.6 is 11.3 Å². The summed E-state index contributed by atoms with van der Waals surface area (Å²) in [5, 5.41) is 12.0. The van der Waals surface area contributed by atoms with Gasteiger partial charge in [-0.05, 0) is 49.4 Å². The first-order chi connectivity index (χ1) is 12.4. The van der Waals surface area contributed by atoms with Gasteiger partial charge in [0.1, 0.15) is 16.4 Å². The van der Waals surface area contributed by atoms with Crippen LogP contribution in [0.3, 0.4) is 0 Å². The molecule has 0 bridgehead atoms. The number of carboxylic acids is 1. The third-order valence-corrected chi connectivity index (χ3v) is 4.36. The van der Waals surface area contributed by atoms with Gasteiger partial charge in [-0.2, -0.15) is 0 Å². The van der Waals surface area contributed by atoms with Crippen LogP contribution in [0.15, 0.2) is 48.7 Å². The van der Waals surface area contributed by atoms with Crippen molar-refractivity contribution < 1.29 is 23.8 Å². The Kier molecular flexibility index (Phi) is 4.94. The number of amides is 1. The predicted octanol–water partition coefficient (Wildman–Crippen LogP) is 4.33. The molecule has 0 aliphatic heterocycles. The Labute approximate surface area is 151 Å². The second-order valence-electron chi connectivity index (χ2n) is 5.32. The van der Waals surface area contributed by atoms with Crippen LogP contribution in [0.5, 0.6) is 10.8 Å². The molecule has 2 aromatic heterocycles. The van der Waals surface area contributed by atoms with E-state index in [-0.39, 0.29) is 21.2 Å². The summed E-state index contributed by atoms with van der Waals surface area (Å²) in [5.41, 5.74) is 1.25. The van der Waals surface area contributed by atoms with Crippen LogP contribution < -0.4 is 10.1 Å². The third kappa shape index (κ3) is 4.04. The van der Waals surface area contributed by atoms with Crippen LogP contribution in [0.25, 0.3) is 0 Å². The minimum Gasteiger partial charge on any atom is -0.477 e. The van der Waals surface area contributed by atoms with E-state index in [4.69, 9.17) is 4.74 Å². The summed E-state index contributed by atoms with van der Waals surface area (Å²) in [4.78, 5) is 27.7. The van der Waals surface area contributed by atoms with Crippen LogP contribution in [0.2, 0.25) is 0 Å². The maximum atomic E-state index is 13.0. The number of hydrogen-bond donors (Lipinski definition) is 2. The number of aromatic nitrogens is 1. The molecular weight excluding hydrogens is 359 g/mol. The highest BCUT2D eigenvalue weighted by Crippen LogP contribution is 2.38. The normalized spacial score (nSPS) is 10.4. The average Bonchev–Trinajstić information content (AvgIpc) is 3.00. The van der Waals surface area contributed by atoms with Crippen molar-refractivity contribution in [2.75, 3.05) is 5.32 Å². The lowest BCUT2D eigenvalue weighted by Gasteiger charge is -2.08. The fourth-order valence-corrected chi connectivity index (χ4v) is 2.88. The summed E-state index contributed by atoms with van der Waals surface area (Å²) in [6, 6.07) is 9.75. The van der Waals surface area contributed by atoms with Gasteiger partial charge in [-0.15, -0.1) is 0 Å².